The van der Waals surface area contributed by atoms with Crippen molar-refractivity contribution >= 4 is 22.2 Å². The quantitative estimate of drug-likeness (QED) is 0.595. The van der Waals surface area contributed by atoms with Crippen molar-refractivity contribution in [1.82, 2.24) is 24.5 Å². The number of rotatable bonds is 3. The fraction of sp³-hybridized carbons (Fsp3) is 0.316. The van der Waals surface area contributed by atoms with Gasteiger partial charge >= 0.3 is 5.69 Å². The third kappa shape index (κ3) is 2.61. The molecule has 7 heteroatoms. The molecule has 0 atom stereocenters. The highest BCUT2D eigenvalue weighted by Crippen LogP contribution is 2.24. The number of ether oxygens (including phenoxy) is 1. The SMILES string of the molecule is O=c1[nH]c2ncc(-c3ccc4[nH]ccc4n3)cc2n1CC1CCOCC1. The van der Waals surface area contributed by atoms with Gasteiger partial charge in [-0.15, -0.1) is 0 Å². The van der Waals surface area contributed by atoms with Gasteiger partial charge in [0.15, 0.2) is 5.65 Å². The molecule has 0 spiro atoms. The maximum atomic E-state index is 12.4. The molecule has 1 aliphatic rings. The fourth-order valence-electron chi connectivity index (χ4n) is 3.64. The molecule has 132 valence electrons. The average Bonchev–Trinajstić information content (AvgIpc) is 3.26. The van der Waals surface area contributed by atoms with E-state index in [0.29, 0.717) is 18.1 Å². The molecule has 0 aliphatic carbocycles. The van der Waals surface area contributed by atoms with E-state index in [4.69, 9.17) is 4.74 Å². The topological polar surface area (TPSA) is 88.6 Å². The molecule has 5 heterocycles. The largest absolute Gasteiger partial charge is 0.381 e. The van der Waals surface area contributed by atoms with Crippen molar-refractivity contribution in [2.45, 2.75) is 19.4 Å². The number of nitrogens with zero attached hydrogens (tertiary/aromatic N) is 3. The lowest BCUT2D eigenvalue weighted by atomic mass is 10.0. The van der Waals surface area contributed by atoms with E-state index in [-0.39, 0.29) is 5.69 Å². The Morgan fingerprint density at radius 3 is 3.00 bits per heavy atom. The van der Waals surface area contributed by atoms with Gasteiger partial charge < -0.3 is 9.72 Å². The molecule has 4 aromatic heterocycles. The molecular formula is C19H19N5O2. The first kappa shape index (κ1) is 15.3. The smallest absolute Gasteiger partial charge is 0.327 e. The van der Waals surface area contributed by atoms with E-state index in [9.17, 15) is 4.79 Å². The predicted octanol–water partition coefficient (Wildman–Crippen LogP) is 2.69. The van der Waals surface area contributed by atoms with Gasteiger partial charge in [-0.05, 0) is 43.0 Å². The van der Waals surface area contributed by atoms with Crippen molar-refractivity contribution in [3.8, 4) is 11.3 Å². The van der Waals surface area contributed by atoms with E-state index in [1.807, 2.05) is 30.5 Å². The van der Waals surface area contributed by atoms with E-state index >= 15 is 0 Å². The minimum absolute atomic E-state index is 0.106. The van der Waals surface area contributed by atoms with Crippen LogP contribution in [-0.2, 0) is 11.3 Å². The average molecular weight is 349 g/mol. The summed E-state index contributed by atoms with van der Waals surface area (Å²) < 4.78 is 7.23. The monoisotopic (exact) mass is 349 g/mol. The van der Waals surface area contributed by atoms with Crippen LogP contribution in [0.3, 0.4) is 0 Å². The molecule has 0 saturated carbocycles. The first-order valence-corrected chi connectivity index (χ1v) is 8.89. The number of nitrogens with one attached hydrogen (secondary N) is 2. The molecule has 1 aliphatic heterocycles. The molecule has 5 rings (SSSR count). The summed E-state index contributed by atoms with van der Waals surface area (Å²) in [6.07, 6.45) is 5.61. The van der Waals surface area contributed by atoms with Gasteiger partial charge in [-0.3, -0.25) is 9.55 Å². The van der Waals surface area contributed by atoms with Gasteiger partial charge in [0, 0.05) is 37.7 Å². The van der Waals surface area contributed by atoms with Gasteiger partial charge in [-0.25, -0.2) is 14.8 Å². The van der Waals surface area contributed by atoms with Crippen molar-refractivity contribution in [3.63, 3.8) is 0 Å². The van der Waals surface area contributed by atoms with Crippen LogP contribution in [0.4, 0.5) is 0 Å². The second kappa shape index (κ2) is 6.10. The zero-order valence-electron chi connectivity index (χ0n) is 14.2. The van der Waals surface area contributed by atoms with Crippen LogP contribution in [0.5, 0.6) is 0 Å². The molecule has 0 aromatic carbocycles. The molecule has 0 unspecified atom stereocenters. The molecule has 1 saturated heterocycles. The normalized spacial score (nSPS) is 15.8. The van der Waals surface area contributed by atoms with Crippen LogP contribution in [0.15, 0.2) is 41.5 Å². The van der Waals surface area contributed by atoms with E-state index in [2.05, 4.69) is 19.9 Å². The Hall–Kier alpha value is -2.93. The van der Waals surface area contributed by atoms with Crippen molar-refractivity contribution in [3.05, 3.63) is 47.1 Å². The first-order chi connectivity index (χ1) is 12.8. The van der Waals surface area contributed by atoms with E-state index < -0.39 is 0 Å². The molecule has 0 amide bonds. The Kier molecular flexibility index (Phi) is 3.60. The van der Waals surface area contributed by atoms with Crippen LogP contribution in [0.2, 0.25) is 0 Å². The number of H-pyrrole nitrogens is 2. The third-order valence-corrected chi connectivity index (χ3v) is 5.11. The van der Waals surface area contributed by atoms with Crippen molar-refractivity contribution < 1.29 is 4.74 Å². The van der Waals surface area contributed by atoms with Gasteiger partial charge in [0.25, 0.3) is 0 Å². The predicted molar refractivity (Wildman–Crippen MR) is 99.0 cm³/mol. The molecule has 1 fully saturated rings. The number of fused-ring (bicyclic) bond motifs is 2. The molecule has 4 aromatic rings. The second-order valence-electron chi connectivity index (χ2n) is 6.80. The van der Waals surface area contributed by atoms with Crippen LogP contribution in [-0.4, -0.2) is 37.7 Å². The molecule has 0 radical (unpaired) electrons. The van der Waals surface area contributed by atoms with E-state index in [1.54, 1.807) is 10.8 Å². The van der Waals surface area contributed by atoms with Crippen LogP contribution in [0.25, 0.3) is 33.5 Å². The van der Waals surface area contributed by atoms with Crippen molar-refractivity contribution in [2.24, 2.45) is 5.92 Å². The van der Waals surface area contributed by atoms with Gasteiger partial charge in [0.2, 0.25) is 0 Å². The summed E-state index contributed by atoms with van der Waals surface area (Å²) in [6, 6.07) is 7.92. The Morgan fingerprint density at radius 2 is 2.12 bits per heavy atom. The summed E-state index contributed by atoms with van der Waals surface area (Å²) in [5.41, 5.74) is 5.00. The summed E-state index contributed by atoms with van der Waals surface area (Å²) >= 11 is 0. The van der Waals surface area contributed by atoms with Crippen LogP contribution in [0, 0.1) is 5.92 Å². The Bertz CT molecular complexity index is 1130. The zero-order valence-corrected chi connectivity index (χ0v) is 14.2. The highest BCUT2D eigenvalue weighted by molar-refractivity contribution is 5.81. The van der Waals surface area contributed by atoms with Crippen LogP contribution < -0.4 is 5.69 Å². The lowest BCUT2D eigenvalue weighted by Gasteiger charge is -2.22. The zero-order chi connectivity index (χ0) is 17.5. The number of pyridine rings is 2. The highest BCUT2D eigenvalue weighted by Gasteiger charge is 2.18. The summed E-state index contributed by atoms with van der Waals surface area (Å²) in [4.78, 5) is 27.6. The minimum atomic E-state index is -0.106. The number of aromatic amines is 2. The minimum Gasteiger partial charge on any atom is -0.381 e. The number of imidazole rings is 1. The first-order valence-electron chi connectivity index (χ1n) is 8.89. The van der Waals surface area contributed by atoms with E-state index in [1.165, 1.54) is 0 Å². The molecular weight excluding hydrogens is 330 g/mol. The number of hydrogen-bond acceptors (Lipinski definition) is 4. The Morgan fingerprint density at radius 1 is 1.23 bits per heavy atom. The van der Waals surface area contributed by atoms with Gasteiger partial charge in [0.05, 0.1) is 22.2 Å². The summed E-state index contributed by atoms with van der Waals surface area (Å²) in [6.45, 7) is 2.23. The van der Waals surface area contributed by atoms with Crippen LogP contribution >= 0.6 is 0 Å². The van der Waals surface area contributed by atoms with Gasteiger partial charge in [-0.2, -0.15) is 0 Å². The molecule has 26 heavy (non-hydrogen) atoms. The molecule has 7 nitrogen and oxygen atoms in total. The highest BCUT2D eigenvalue weighted by atomic mass is 16.5. The van der Waals surface area contributed by atoms with Crippen molar-refractivity contribution in [1.29, 1.82) is 0 Å². The summed E-state index contributed by atoms with van der Waals surface area (Å²) in [5.74, 6) is 0.457. The maximum Gasteiger partial charge on any atom is 0.327 e. The van der Waals surface area contributed by atoms with Crippen molar-refractivity contribution in [2.75, 3.05) is 13.2 Å². The second-order valence-corrected chi connectivity index (χ2v) is 6.80. The third-order valence-electron chi connectivity index (χ3n) is 5.11. The maximum absolute atomic E-state index is 12.4. The van der Waals surface area contributed by atoms with Gasteiger partial charge in [-0.1, -0.05) is 0 Å². The molecule has 0 bridgehead atoms. The number of aromatic nitrogens is 5. The fourth-order valence-corrected chi connectivity index (χ4v) is 3.64. The van der Waals surface area contributed by atoms with E-state index in [0.717, 1.165) is 53.9 Å². The lowest BCUT2D eigenvalue weighted by molar-refractivity contribution is 0.0613. The summed E-state index contributed by atoms with van der Waals surface area (Å²) in [7, 11) is 0. The Balaban J connectivity index is 1.57. The molecule has 2 N–H and O–H groups in total. The Labute approximate surface area is 149 Å². The standard InChI is InChI=1S/C19H19N5O2/c25-19-23-18-17(24(19)11-12-4-7-26-8-5-12)9-13(10-21-18)14-1-2-15-16(22-14)3-6-20-15/h1-3,6,9-10,12,20H,4-5,7-8,11H2,(H,21,23,25). The number of hydrogen-bond donors (Lipinski definition) is 2. The summed E-state index contributed by atoms with van der Waals surface area (Å²) in [5, 5.41) is 0. The van der Waals surface area contributed by atoms with Gasteiger partial charge in [0.1, 0.15) is 0 Å². The van der Waals surface area contributed by atoms with Crippen LogP contribution in [0.1, 0.15) is 12.8 Å². The lowest BCUT2D eigenvalue weighted by Crippen LogP contribution is -2.25.